The van der Waals surface area contributed by atoms with Crippen LogP contribution in [0.1, 0.15) is 21.9 Å². The Morgan fingerprint density at radius 3 is 2.83 bits per heavy atom. The summed E-state index contributed by atoms with van der Waals surface area (Å²) in [5.41, 5.74) is 1.03. The van der Waals surface area contributed by atoms with Crippen molar-refractivity contribution in [2.75, 3.05) is 13.1 Å². The van der Waals surface area contributed by atoms with E-state index in [-0.39, 0.29) is 30.0 Å². The largest absolute Gasteiger partial charge is 0.471 e. The fourth-order valence-electron chi connectivity index (χ4n) is 3.90. The van der Waals surface area contributed by atoms with Crippen LogP contribution >= 0.6 is 22.9 Å². The zero-order valence-corrected chi connectivity index (χ0v) is 16.9. The third-order valence-electron chi connectivity index (χ3n) is 5.32. The van der Waals surface area contributed by atoms with Crippen molar-refractivity contribution in [2.24, 2.45) is 11.8 Å². The molecule has 1 aromatic heterocycles. The van der Waals surface area contributed by atoms with Gasteiger partial charge in [-0.15, -0.1) is 11.3 Å². The van der Waals surface area contributed by atoms with Crippen molar-refractivity contribution < 1.29 is 22.8 Å². The van der Waals surface area contributed by atoms with Gasteiger partial charge in [0, 0.05) is 18.1 Å². The zero-order valence-electron chi connectivity index (χ0n) is 15.3. The average Bonchev–Trinajstić information content (AvgIpc) is 3.16. The first-order valence-corrected chi connectivity index (χ1v) is 10.2. The molecule has 1 saturated carbocycles. The molecule has 10 heteroatoms. The Hall–Kier alpha value is -2.13. The van der Waals surface area contributed by atoms with Crippen LogP contribution in [0.15, 0.2) is 24.3 Å². The van der Waals surface area contributed by atoms with Gasteiger partial charge < -0.3 is 10.2 Å². The Morgan fingerprint density at radius 1 is 1.38 bits per heavy atom. The van der Waals surface area contributed by atoms with Crippen molar-refractivity contribution in [3.63, 3.8) is 0 Å². The Morgan fingerprint density at radius 2 is 2.14 bits per heavy atom. The topological polar surface area (TPSA) is 62.3 Å². The molecule has 1 saturated heterocycles. The molecular weight excluding hydrogens is 427 g/mol. The van der Waals surface area contributed by atoms with Gasteiger partial charge in [-0.2, -0.15) is 13.2 Å². The molecule has 0 bridgehead atoms. The first-order valence-electron chi connectivity index (χ1n) is 9.04. The van der Waals surface area contributed by atoms with Crippen molar-refractivity contribution in [3.8, 4) is 10.4 Å². The van der Waals surface area contributed by atoms with E-state index in [2.05, 4.69) is 4.98 Å². The van der Waals surface area contributed by atoms with Crippen LogP contribution in [0.5, 0.6) is 0 Å². The number of alkyl halides is 3. The smallest absolute Gasteiger partial charge is 0.346 e. The minimum absolute atomic E-state index is 0.113. The SMILES string of the molecule is Cc1nc(C(=O)N2C[C@H]3C[C@H]3[C@H]2CNC(=O)C(F)(F)F)c(-c2cccc(Cl)c2)s1. The van der Waals surface area contributed by atoms with E-state index in [1.807, 2.05) is 11.4 Å². The molecule has 2 amide bonds. The summed E-state index contributed by atoms with van der Waals surface area (Å²) >= 11 is 7.44. The molecule has 2 aliphatic rings. The molecule has 2 aromatic rings. The lowest BCUT2D eigenvalue weighted by molar-refractivity contribution is -0.173. The molecular formula is C19H17ClF3N3O2S. The summed E-state index contributed by atoms with van der Waals surface area (Å²) in [6.07, 6.45) is -4.09. The van der Waals surface area contributed by atoms with Crippen LogP contribution in [-0.2, 0) is 4.79 Å². The second-order valence-electron chi connectivity index (χ2n) is 7.31. The maximum absolute atomic E-state index is 13.3. The number of nitrogens with zero attached hydrogens (tertiary/aromatic N) is 2. The van der Waals surface area contributed by atoms with E-state index in [1.54, 1.807) is 30.0 Å². The summed E-state index contributed by atoms with van der Waals surface area (Å²) in [5.74, 6) is -1.94. The van der Waals surface area contributed by atoms with Gasteiger partial charge in [0.2, 0.25) is 0 Å². The van der Waals surface area contributed by atoms with Crippen LogP contribution in [0.3, 0.4) is 0 Å². The number of fused-ring (bicyclic) bond motifs is 1. The number of piperidine rings is 1. The minimum Gasteiger partial charge on any atom is -0.346 e. The number of aromatic nitrogens is 1. The van der Waals surface area contributed by atoms with E-state index in [4.69, 9.17) is 11.6 Å². The molecule has 154 valence electrons. The normalized spacial score (nSPS) is 23.1. The molecule has 0 spiro atoms. The van der Waals surface area contributed by atoms with Crippen molar-refractivity contribution >= 4 is 34.8 Å². The maximum atomic E-state index is 13.3. The highest BCUT2D eigenvalue weighted by Gasteiger charge is 2.54. The third-order valence-corrected chi connectivity index (χ3v) is 6.57. The Kier molecular flexibility index (Phi) is 5.06. The minimum atomic E-state index is -4.94. The molecule has 2 fully saturated rings. The first kappa shape index (κ1) is 20.2. The Balaban J connectivity index is 1.57. The zero-order chi connectivity index (χ0) is 20.9. The molecule has 1 aliphatic heterocycles. The number of aryl methyl sites for hydroxylation is 1. The number of likely N-dealkylation sites (tertiary alicyclic amines) is 1. The number of carbonyl (C=O) groups excluding carboxylic acids is 2. The van der Waals surface area contributed by atoms with Gasteiger partial charge in [0.15, 0.2) is 0 Å². The lowest BCUT2D eigenvalue weighted by Gasteiger charge is -2.27. The summed E-state index contributed by atoms with van der Waals surface area (Å²) in [4.78, 5) is 31.1. The van der Waals surface area contributed by atoms with E-state index >= 15 is 0 Å². The summed E-state index contributed by atoms with van der Waals surface area (Å²) in [6, 6.07) is 6.62. The average molecular weight is 444 g/mol. The van der Waals surface area contributed by atoms with Crippen LogP contribution in [0.4, 0.5) is 13.2 Å². The number of nitrogens with one attached hydrogen (secondary N) is 1. The molecule has 1 N–H and O–H groups in total. The van der Waals surface area contributed by atoms with Crippen LogP contribution in [-0.4, -0.2) is 47.0 Å². The van der Waals surface area contributed by atoms with Gasteiger partial charge in [-0.05, 0) is 42.9 Å². The number of thiazole rings is 1. The number of benzene rings is 1. The summed E-state index contributed by atoms with van der Waals surface area (Å²) in [7, 11) is 0. The van der Waals surface area contributed by atoms with Crippen LogP contribution in [0.25, 0.3) is 10.4 Å². The molecule has 1 aromatic carbocycles. The first-order chi connectivity index (χ1) is 13.6. The van der Waals surface area contributed by atoms with E-state index in [9.17, 15) is 22.8 Å². The van der Waals surface area contributed by atoms with Crippen molar-refractivity contribution in [1.82, 2.24) is 15.2 Å². The molecule has 29 heavy (non-hydrogen) atoms. The highest BCUT2D eigenvalue weighted by molar-refractivity contribution is 7.15. The fourth-order valence-corrected chi connectivity index (χ4v) is 4.99. The lowest BCUT2D eigenvalue weighted by atomic mass is 10.1. The van der Waals surface area contributed by atoms with Gasteiger partial charge in [-0.25, -0.2) is 4.98 Å². The van der Waals surface area contributed by atoms with E-state index in [0.717, 1.165) is 12.0 Å². The maximum Gasteiger partial charge on any atom is 0.471 e. The molecule has 2 heterocycles. The van der Waals surface area contributed by atoms with Gasteiger partial charge in [0.05, 0.1) is 15.9 Å². The van der Waals surface area contributed by atoms with E-state index in [0.29, 0.717) is 21.5 Å². The standard InChI is InChI=1S/C19H17ClF3N3O2S/c1-9-25-15(16(29-9)10-3-2-4-12(20)5-10)17(27)26-8-11-6-13(11)14(26)7-24-18(28)19(21,22)23/h2-5,11,13-14H,6-8H2,1H3,(H,24,28)/t11-,13-,14-/m1/s1. The fraction of sp³-hybridized carbons (Fsp3) is 0.421. The van der Waals surface area contributed by atoms with Crippen LogP contribution < -0.4 is 5.32 Å². The van der Waals surface area contributed by atoms with Crippen LogP contribution in [0.2, 0.25) is 5.02 Å². The predicted molar refractivity (Wildman–Crippen MR) is 103 cm³/mol. The number of hydrogen-bond donors (Lipinski definition) is 1. The van der Waals surface area contributed by atoms with Crippen molar-refractivity contribution in [1.29, 1.82) is 0 Å². The van der Waals surface area contributed by atoms with Gasteiger partial charge in [0.1, 0.15) is 5.69 Å². The van der Waals surface area contributed by atoms with Crippen molar-refractivity contribution in [2.45, 2.75) is 25.6 Å². The Bertz CT molecular complexity index is 978. The molecule has 0 unspecified atom stereocenters. The number of carbonyl (C=O) groups is 2. The Labute approximate surface area is 173 Å². The number of hydrogen-bond acceptors (Lipinski definition) is 4. The summed E-state index contributed by atoms with van der Waals surface area (Å²) in [5, 5.41) is 3.16. The van der Waals surface area contributed by atoms with E-state index < -0.39 is 18.1 Å². The molecule has 3 atom stereocenters. The number of amides is 2. The quantitative estimate of drug-likeness (QED) is 0.779. The van der Waals surface area contributed by atoms with Gasteiger partial charge >= 0.3 is 12.1 Å². The second-order valence-corrected chi connectivity index (χ2v) is 8.95. The monoisotopic (exact) mass is 443 g/mol. The van der Waals surface area contributed by atoms with Gasteiger partial charge in [-0.1, -0.05) is 23.7 Å². The third kappa shape index (κ3) is 3.98. The second kappa shape index (κ2) is 7.28. The van der Waals surface area contributed by atoms with Crippen molar-refractivity contribution in [3.05, 3.63) is 40.0 Å². The summed E-state index contributed by atoms with van der Waals surface area (Å²) in [6.45, 7) is 2.03. The number of rotatable bonds is 4. The van der Waals surface area contributed by atoms with Gasteiger partial charge in [0.25, 0.3) is 5.91 Å². The number of halogens is 4. The predicted octanol–water partition coefficient (Wildman–Crippen LogP) is 3.91. The molecule has 0 radical (unpaired) electrons. The molecule has 4 rings (SSSR count). The van der Waals surface area contributed by atoms with E-state index in [1.165, 1.54) is 11.3 Å². The highest BCUT2D eigenvalue weighted by atomic mass is 35.5. The van der Waals surface area contributed by atoms with Crippen LogP contribution in [0, 0.1) is 18.8 Å². The summed E-state index contributed by atoms with van der Waals surface area (Å²) < 4.78 is 37.5. The molecule has 1 aliphatic carbocycles. The van der Waals surface area contributed by atoms with Gasteiger partial charge in [-0.3, -0.25) is 9.59 Å². The highest BCUT2D eigenvalue weighted by Crippen LogP contribution is 2.50. The molecule has 5 nitrogen and oxygen atoms in total. The lowest BCUT2D eigenvalue weighted by Crippen LogP contribution is -2.48.